The molecule has 0 saturated carbocycles. The summed E-state index contributed by atoms with van der Waals surface area (Å²) in [6.07, 6.45) is 3.47. The van der Waals surface area contributed by atoms with Crippen molar-refractivity contribution in [2.45, 2.75) is 13.8 Å². The van der Waals surface area contributed by atoms with E-state index in [0.29, 0.717) is 12.4 Å². The lowest BCUT2D eigenvalue weighted by molar-refractivity contribution is 0.340. The summed E-state index contributed by atoms with van der Waals surface area (Å²) < 4.78 is 7.10. The second-order valence-corrected chi connectivity index (χ2v) is 4.66. The highest BCUT2D eigenvalue weighted by molar-refractivity contribution is 5.79. The Bertz CT molecular complexity index is 764. The lowest BCUT2D eigenvalue weighted by Gasteiger charge is -2.12. The van der Waals surface area contributed by atoms with Crippen LogP contribution >= 0.6 is 0 Å². The van der Waals surface area contributed by atoms with Crippen LogP contribution in [-0.4, -0.2) is 21.2 Å². The Kier molecular flexibility index (Phi) is 3.35. The van der Waals surface area contributed by atoms with Gasteiger partial charge < -0.3 is 15.8 Å². The molecule has 0 aliphatic heterocycles. The quantitative estimate of drug-likeness (QED) is 0.770. The van der Waals surface area contributed by atoms with Crippen molar-refractivity contribution in [2.24, 2.45) is 0 Å². The van der Waals surface area contributed by atoms with Gasteiger partial charge in [0, 0.05) is 23.6 Å². The average Bonchev–Trinajstić information content (AvgIpc) is 2.94. The van der Waals surface area contributed by atoms with E-state index in [9.17, 15) is 0 Å². The van der Waals surface area contributed by atoms with Gasteiger partial charge in [-0.15, -0.1) is 5.10 Å². The molecule has 6 nitrogen and oxygen atoms in total. The minimum Gasteiger partial charge on any atom is -0.494 e. The number of nitrogen functional groups attached to an aromatic ring is 1. The molecular formula is C15H17N5O. The number of fused-ring (bicyclic) bond motifs is 1. The molecular weight excluding hydrogens is 266 g/mol. The van der Waals surface area contributed by atoms with E-state index in [1.54, 1.807) is 16.9 Å². The maximum Gasteiger partial charge on any atom is 0.177 e. The van der Waals surface area contributed by atoms with Crippen molar-refractivity contribution in [3.05, 3.63) is 42.2 Å². The molecule has 2 aromatic heterocycles. The van der Waals surface area contributed by atoms with Gasteiger partial charge in [-0.05, 0) is 38.1 Å². The second kappa shape index (κ2) is 5.32. The number of hydrogen-bond donors (Lipinski definition) is 2. The predicted octanol–water partition coefficient (Wildman–Crippen LogP) is 2.76. The number of nitrogens with zero attached hydrogens (tertiary/aromatic N) is 3. The molecule has 3 aromatic rings. The van der Waals surface area contributed by atoms with Crippen LogP contribution in [0.5, 0.6) is 5.75 Å². The number of anilines is 3. The van der Waals surface area contributed by atoms with Crippen LogP contribution in [0, 0.1) is 6.92 Å². The fourth-order valence-electron chi connectivity index (χ4n) is 2.14. The molecule has 108 valence electrons. The smallest absolute Gasteiger partial charge is 0.177 e. The molecule has 0 spiro atoms. The number of hydrogen-bond acceptors (Lipinski definition) is 5. The first-order chi connectivity index (χ1) is 10.2. The van der Waals surface area contributed by atoms with E-state index in [1.165, 1.54) is 0 Å². The van der Waals surface area contributed by atoms with Gasteiger partial charge in [0.15, 0.2) is 5.65 Å². The topological polar surface area (TPSA) is 77.5 Å². The Morgan fingerprint density at radius 1 is 1.29 bits per heavy atom. The van der Waals surface area contributed by atoms with Crippen molar-refractivity contribution in [3.63, 3.8) is 0 Å². The maximum absolute atomic E-state index is 5.94. The number of imidazole rings is 1. The van der Waals surface area contributed by atoms with E-state index in [1.807, 2.05) is 38.1 Å². The van der Waals surface area contributed by atoms with Crippen molar-refractivity contribution in [1.29, 1.82) is 0 Å². The lowest BCUT2D eigenvalue weighted by Crippen LogP contribution is -2.05. The van der Waals surface area contributed by atoms with E-state index in [4.69, 9.17) is 10.5 Å². The molecule has 0 aliphatic rings. The van der Waals surface area contributed by atoms with Crippen LogP contribution in [0.15, 0.2) is 36.7 Å². The molecule has 0 amide bonds. The number of benzene rings is 1. The Balaban J connectivity index is 1.97. The third-order valence-electron chi connectivity index (χ3n) is 3.25. The van der Waals surface area contributed by atoms with Crippen LogP contribution in [0.3, 0.4) is 0 Å². The standard InChI is InChI=1S/C15H17N5O/c1-3-21-12-6-4-11(5-7-12)18-13-10(2)14(16)19-20-9-8-17-15(13)20/h4-9,18H,3H2,1-2H3,(H2,16,19). The molecule has 3 rings (SSSR count). The molecule has 21 heavy (non-hydrogen) atoms. The van der Waals surface area contributed by atoms with Gasteiger partial charge in [0.1, 0.15) is 11.6 Å². The highest BCUT2D eigenvalue weighted by Gasteiger charge is 2.11. The van der Waals surface area contributed by atoms with Crippen molar-refractivity contribution in [3.8, 4) is 5.75 Å². The van der Waals surface area contributed by atoms with Crippen molar-refractivity contribution >= 4 is 22.8 Å². The summed E-state index contributed by atoms with van der Waals surface area (Å²) in [4.78, 5) is 4.32. The first-order valence-electron chi connectivity index (χ1n) is 6.78. The molecule has 0 unspecified atom stereocenters. The zero-order valence-electron chi connectivity index (χ0n) is 12.0. The molecule has 0 aliphatic carbocycles. The van der Waals surface area contributed by atoms with Crippen LogP contribution in [0.2, 0.25) is 0 Å². The second-order valence-electron chi connectivity index (χ2n) is 4.66. The van der Waals surface area contributed by atoms with E-state index in [2.05, 4.69) is 15.4 Å². The minimum absolute atomic E-state index is 0.480. The van der Waals surface area contributed by atoms with Crippen LogP contribution < -0.4 is 15.8 Å². The van der Waals surface area contributed by atoms with Gasteiger partial charge in [0.25, 0.3) is 0 Å². The fourth-order valence-corrected chi connectivity index (χ4v) is 2.14. The van der Waals surface area contributed by atoms with Crippen molar-refractivity contribution in [1.82, 2.24) is 14.6 Å². The van der Waals surface area contributed by atoms with E-state index in [-0.39, 0.29) is 0 Å². The first kappa shape index (κ1) is 13.2. The van der Waals surface area contributed by atoms with Crippen LogP contribution in [-0.2, 0) is 0 Å². The third-order valence-corrected chi connectivity index (χ3v) is 3.25. The molecule has 0 bridgehead atoms. The highest BCUT2D eigenvalue weighted by atomic mass is 16.5. The minimum atomic E-state index is 0.480. The Morgan fingerprint density at radius 2 is 2.05 bits per heavy atom. The fraction of sp³-hybridized carbons (Fsp3) is 0.200. The van der Waals surface area contributed by atoms with E-state index >= 15 is 0 Å². The van der Waals surface area contributed by atoms with Crippen molar-refractivity contribution in [2.75, 3.05) is 17.7 Å². The Morgan fingerprint density at radius 3 is 2.76 bits per heavy atom. The average molecular weight is 283 g/mol. The summed E-state index contributed by atoms with van der Waals surface area (Å²) in [6, 6.07) is 7.77. The molecule has 0 fully saturated rings. The van der Waals surface area contributed by atoms with Crippen LogP contribution in [0.4, 0.5) is 17.2 Å². The Labute approximate surface area is 122 Å². The van der Waals surface area contributed by atoms with E-state index in [0.717, 1.165) is 28.3 Å². The highest BCUT2D eigenvalue weighted by Crippen LogP contribution is 2.28. The summed E-state index contributed by atoms with van der Waals surface area (Å²) in [5, 5.41) is 7.60. The zero-order chi connectivity index (χ0) is 14.8. The Hall–Kier alpha value is -2.76. The molecule has 1 aromatic carbocycles. The number of rotatable bonds is 4. The van der Waals surface area contributed by atoms with Gasteiger partial charge in [-0.2, -0.15) is 0 Å². The predicted molar refractivity (Wildman–Crippen MR) is 83.0 cm³/mol. The molecule has 0 saturated heterocycles. The van der Waals surface area contributed by atoms with Gasteiger partial charge in [0.2, 0.25) is 0 Å². The first-order valence-corrected chi connectivity index (χ1v) is 6.78. The van der Waals surface area contributed by atoms with Gasteiger partial charge in [-0.25, -0.2) is 9.50 Å². The summed E-state index contributed by atoms with van der Waals surface area (Å²) in [5.74, 6) is 1.33. The molecule has 0 atom stereocenters. The normalized spacial score (nSPS) is 10.8. The van der Waals surface area contributed by atoms with Crippen LogP contribution in [0.1, 0.15) is 12.5 Å². The summed E-state index contributed by atoms with van der Waals surface area (Å²) in [6.45, 7) is 4.54. The SMILES string of the molecule is CCOc1ccc(Nc2c(C)c(N)nn3ccnc23)cc1. The van der Waals surface area contributed by atoms with Crippen molar-refractivity contribution < 1.29 is 4.74 Å². The van der Waals surface area contributed by atoms with Crippen LogP contribution in [0.25, 0.3) is 5.65 Å². The lowest BCUT2D eigenvalue weighted by atomic mass is 10.2. The summed E-state index contributed by atoms with van der Waals surface area (Å²) in [5.41, 5.74) is 9.37. The molecule has 6 heteroatoms. The van der Waals surface area contributed by atoms with Gasteiger partial charge in [0.05, 0.1) is 12.3 Å². The number of aromatic nitrogens is 3. The van der Waals surface area contributed by atoms with Gasteiger partial charge in [-0.1, -0.05) is 0 Å². The maximum atomic E-state index is 5.94. The summed E-state index contributed by atoms with van der Waals surface area (Å²) >= 11 is 0. The third kappa shape index (κ3) is 2.47. The zero-order valence-corrected chi connectivity index (χ0v) is 12.0. The molecule has 0 radical (unpaired) electrons. The number of nitrogens with one attached hydrogen (secondary N) is 1. The van der Waals surface area contributed by atoms with E-state index < -0.39 is 0 Å². The summed E-state index contributed by atoms with van der Waals surface area (Å²) in [7, 11) is 0. The molecule has 3 N–H and O–H groups in total. The van der Waals surface area contributed by atoms with Gasteiger partial charge >= 0.3 is 0 Å². The number of ether oxygens (including phenoxy) is 1. The monoisotopic (exact) mass is 283 g/mol. The number of nitrogens with two attached hydrogens (primary N) is 1. The largest absolute Gasteiger partial charge is 0.494 e. The van der Waals surface area contributed by atoms with Gasteiger partial charge in [-0.3, -0.25) is 0 Å². The molecule has 2 heterocycles.